The molecule has 1 aromatic carbocycles. The highest BCUT2D eigenvalue weighted by Gasteiger charge is 2.21. The van der Waals surface area contributed by atoms with E-state index in [2.05, 4.69) is 31.9 Å². The molecule has 0 aromatic heterocycles. The molecule has 1 aliphatic rings. The first-order valence-electron chi connectivity index (χ1n) is 5.45. The molecule has 0 unspecified atom stereocenters. The average molecular weight is 384 g/mol. The smallest absolute Gasteiger partial charge is 0.189 e. The molecule has 0 spiro atoms. The molecule has 0 heterocycles. The average Bonchev–Trinajstić information content (AvgIpc) is 3.10. The lowest BCUT2D eigenvalue weighted by Gasteiger charge is -2.11. The van der Waals surface area contributed by atoms with Crippen molar-refractivity contribution in [2.24, 2.45) is 5.92 Å². The Morgan fingerprint density at radius 2 is 1.88 bits per heavy atom. The third-order valence-corrected chi connectivity index (χ3v) is 4.04. The van der Waals surface area contributed by atoms with Crippen LogP contribution in [-0.4, -0.2) is 13.4 Å². The predicted molar refractivity (Wildman–Crippen MR) is 75.6 cm³/mol. The van der Waals surface area contributed by atoms with Gasteiger partial charge in [-0.3, -0.25) is 0 Å². The normalized spacial score (nSPS) is 15.0. The van der Waals surface area contributed by atoms with Gasteiger partial charge in [0, 0.05) is 5.88 Å². The minimum Gasteiger partial charge on any atom is -0.465 e. The molecule has 94 valence electrons. The Morgan fingerprint density at radius 1 is 1.24 bits per heavy atom. The largest absolute Gasteiger partial charge is 0.465 e. The number of hydrogen-bond donors (Lipinski definition) is 0. The van der Waals surface area contributed by atoms with E-state index in [4.69, 9.17) is 21.1 Å². The van der Waals surface area contributed by atoms with E-state index in [9.17, 15) is 0 Å². The standard InChI is InChI=1S/C12H13Br2ClO2/c13-10-3-9(5-15)4-11(14)12(10)17-7-16-6-8-1-2-8/h3-4,8H,1-2,5-7H2. The number of halogens is 3. The Bertz CT molecular complexity index is 371. The summed E-state index contributed by atoms with van der Waals surface area (Å²) in [7, 11) is 0. The van der Waals surface area contributed by atoms with Crippen molar-refractivity contribution in [2.75, 3.05) is 13.4 Å². The predicted octanol–water partition coefficient (Wildman–Crippen LogP) is 4.71. The third-order valence-electron chi connectivity index (χ3n) is 2.55. The summed E-state index contributed by atoms with van der Waals surface area (Å²) in [6.07, 6.45) is 2.58. The minimum atomic E-state index is 0.286. The van der Waals surface area contributed by atoms with Crippen LogP contribution in [0.1, 0.15) is 18.4 Å². The molecule has 0 saturated heterocycles. The summed E-state index contributed by atoms with van der Waals surface area (Å²) in [6.45, 7) is 1.09. The Labute approximate surface area is 123 Å². The van der Waals surface area contributed by atoms with Crippen molar-refractivity contribution in [2.45, 2.75) is 18.7 Å². The van der Waals surface area contributed by atoms with Crippen molar-refractivity contribution in [3.63, 3.8) is 0 Å². The number of hydrogen-bond acceptors (Lipinski definition) is 2. The van der Waals surface area contributed by atoms with Crippen LogP contribution in [-0.2, 0) is 10.6 Å². The van der Waals surface area contributed by atoms with E-state index in [-0.39, 0.29) is 6.79 Å². The molecule has 0 N–H and O–H groups in total. The highest BCUT2D eigenvalue weighted by Crippen LogP contribution is 2.35. The topological polar surface area (TPSA) is 18.5 Å². The van der Waals surface area contributed by atoms with Crippen molar-refractivity contribution in [3.8, 4) is 5.75 Å². The first kappa shape index (κ1) is 13.7. The Kier molecular flexibility index (Phi) is 5.15. The van der Waals surface area contributed by atoms with Crippen molar-refractivity contribution in [3.05, 3.63) is 26.6 Å². The fourth-order valence-electron chi connectivity index (χ4n) is 1.43. The summed E-state index contributed by atoms with van der Waals surface area (Å²) in [5.74, 6) is 1.99. The van der Waals surface area contributed by atoms with Gasteiger partial charge in [0.2, 0.25) is 0 Å². The highest BCUT2D eigenvalue weighted by atomic mass is 79.9. The maximum Gasteiger partial charge on any atom is 0.189 e. The van der Waals surface area contributed by atoms with E-state index in [0.29, 0.717) is 5.88 Å². The zero-order valence-corrected chi connectivity index (χ0v) is 13.1. The quantitative estimate of drug-likeness (QED) is 0.402. The Hall–Kier alpha value is 0.230. The van der Waals surface area contributed by atoms with Crippen molar-refractivity contribution < 1.29 is 9.47 Å². The van der Waals surface area contributed by atoms with E-state index in [1.807, 2.05) is 12.1 Å². The summed E-state index contributed by atoms with van der Waals surface area (Å²) >= 11 is 12.7. The van der Waals surface area contributed by atoms with Crippen molar-refractivity contribution in [1.29, 1.82) is 0 Å². The second-order valence-corrected chi connectivity index (χ2v) is 6.07. The molecule has 2 nitrogen and oxygen atoms in total. The van der Waals surface area contributed by atoms with E-state index in [0.717, 1.165) is 32.8 Å². The summed E-state index contributed by atoms with van der Waals surface area (Å²) < 4.78 is 12.8. The SMILES string of the molecule is ClCc1cc(Br)c(OCOCC2CC2)c(Br)c1. The minimum absolute atomic E-state index is 0.286. The van der Waals surface area contributed by atoms with Crippen LogP contribution < -0.4 is 4.74 Å². The molecule has 17 heavy (non-hydrogen) atoms. The second-order valence-electron chi connectivity index (χ2n) is 4.10. The van der Waals surface area contributed by atoms with Crippen LogP contribution >= 0.6 is 43.5 Å². The maximum absolute atomic E-state index is 5.78. The van der Waals surface area contributed by atoms with Gasteiger partial charge in [-0.25, -0.2) is 0 Å². The van der Waals surface area contributed by atoms with Crippen LogP contribution in [0.5, 0.6) is 5.75 Å². The van der Waals surface area contributed by atoms with Crippen LogP contribution in [0.2, 0.25) is 0 Å². The fourth-order valence-corrected chi connectivity index (χ4v) is 3.09. The summed E-state index contributed by atoms with van der Waals surface area (Å²) in [6, 6.07) is 3.90. The molecule has 0 atom stereocenters. The van der Waals surface area contributed by atoms with Gasteiger partial charge < -0.3 is 9.47 Å². The zero-order valence-electron chi connectivity index (χ0n) is 9.22. The first-order chi connectivity index (χ1) is 8.20. The number of benzene rings is 1. The van der Waals surface area contributed by atoms with E-state index in [1.165, 1.54) is 12.8 Å². The molecule has 0 radical (unpaired) electrons. The number of rotatable bonds is 6. The van der Waals surface area contributed by atoms with Crippen LogP contribution in [0, 0.1) is 5.92 Å². The van der Waals surface area contributed by atoms with Crippen molar-refractivity contribution >= 4 is 43.5 Å². The van der Waals surface area contributed by atoms with Gasteiger partial charge in [-0.2, -0.15) is 0 Å². The van der Waals surface area contributed by atoms with Crippen LogP contribution in [0.3, 0.4) is 0 Å². The van der Waals surface area contributed by atoms with Gasteiger partial charge in [-0.05, 0) is 68.3 Å². The molecule has 0 aliphatic heterocycles. The lowest BCUT2D eigenvalue weighted by Crippen LogP contribution is -2.06. The van der Waals surface area contributed by atoms with Crippen LogP contribution in [0.4, 0.5) is 0 Å². The third kappa shape index (κ3) is 4.12. The second kappa shape index (κ2) is 6.41. The van der Waals surface area contributed by atoms with Gasteiger partial charge in [0.05, 0.1) is 15.6 Å². The van der Waals surface area contributed by atoms with Crippen molar-refractivity contribution in [1.82, 2.24) is 0 Å². The van der Waals surface area contributed by atoms with E-state index < -0.39 is 0 Å². The van der Waals surface area contributed by atoms with Gasteiger partial charge in [0.25, 0.3) is 0 Å². The summed E-state index contributed by atoms with van der Waals surface area (Å²) in [4.78, 5) is 0. The van der Waals surface area contributed by atoms with Gasteiger partial charge in [-0.1, -0.05) is 0 Å². The molecule has 0 amide bonds. The molecule has 2 rings (SSSR count). The maximum atomic E-state index is 5.78. The van der Waals surface area contributed by atoms with Crippen LogP contribution in [0.25, 0.3) is 0 Å². The number of alkyl halides is 1. The monoisotopic (exact) mass is 382 g/mol. The zero-order chi connectivity index (χ0) is 12.3. The Morgan fingerprint density at radius 3 is 2.41 bits per heavy atom. The van der Waals surface area contributed by atoms with Gasteiger partial charge >= 0.3 is 0 Å². The van der Waals surface area contributed by atoms with Gasteiger partial charge in [0.15, 0.2) is 12.5 Å². The fraction of sp³-hybridized carbons (Fsp3) is 0.500. The lowest BCUT2D eigenvalue weighted by atomic mass is 10.2. The van der Waals surface area contributed by atoms with E-state index >= 15 is 0 Å². The molecule has 1 fully saturated rings. The lowest BCUT2D eigenvalue weighted by molar-refractivity contribution is 0.00914. The summed E-state index contributed by atoms with van der Waals surface area (Å²) in [5, 5.41) is 0. The van der Waals surface area contributed by atoms with Gasteiger partial charge in [-0.15, -0.1) is 11.6 Å². The van der Waals surface area contributed by atoms with E-state index in [1.54, 1.807) is 0 Å². The van der Waals surface area contributed by atoms with Crippen LogP contribution in [0.15, 0.2) is 21.1 Å². The highest BCUT2D eigenvalue weighted by molar-refractivity contribution is 9.11. The molecular weight excluding hydrogens is 371 g/mol. The molecular formula is C12H13Br2ClO2. The number of ether oxygens (including phenoxy) is 2. The first-order valence-corrected chi connectivity index (χ1v) is 7.57. The Balaban J connectivity index is 1.89. The molecule has 0 bridgehead atoms. The summed E-state index contributed by atoms with van der Waals surface area (Å²) in [5.41, 5.74) is 1.04. The molecule has 1 saturated carbocycles. The molecule has 1 aromatic rings. The van der Waals surface area contributed by atoms with Gasteiger partial charge in [0.1, 0.15) is 0 Å². The molecule has 1 aliphatic carbocycles. The molecule has 5 heteroatoms.